The first kappa shape index (κ1) is 19.8. The van der Waals surface area contributed by atoms with Crippen LogP contribution >= 0.6 is 11.3 Å². The second-order valence-electron chi connectivity index (χ2n) is 7.47. The van der Waals surface area contributed by atoms with E-state index in [2.05, 4.69) is 34.7 Å². The van der Waals surface area contributed by atoms with Crippen molar-refractivity contribution < 1.29 is 14.3 Å². The molecule has 28 heavy (non-hydrogen) atoms. The number of amides is 2. The number of nitrogens with one attached hydrogen (secondary N) is 2. The third-order valence-corrected chi connectivity index (χ3v) is 4.82. The van der Waals surface area contributed by atoms with E-state index in [1.54, 1.807) is 32.1 Å². The Balaban J connectivity index is 1.59. The van der Waals surface area contributed by atoms with Gasteiger partial charge < -0.3 is 15.4 Å². The molecule has 7 heteroatoms. The number of aryl methyl sites for hydroxylation is 1. The molecule has 0 aliphatic rings. The van der Waals surface area contributed by atoms with Gasteiger partial charge in [-0.2, -0.15) is 0 Å². The lowest BCUT2D eigenvalue weighted by Gasteiger charge is -2.19. The van der Waals surface area contributed by atoms with Crippen LogP contribution in [0.25, 0.3) is 20.8 Å². The van der Waals surface area contributed by atoms with Gasteiger partial charge in [-0.25, -0.2) is 9.78 Å². The first-order valence-corrected chi connectivity index (χ1v) is 9.75. The van der Waals surface area contributed by atoms with E-state index in [1.165, 1.54) is 5.56 Å². The molecule has 0 atom stereocenters. The maximum Gasteiger partial charge on any atom is 0.408 e. The van der Waals surface area contributed by atoms with Gasteiger partial charge in [0.2, 0.25) is 5.91 Å². The highest BCUT2D eigenvalue weighted by molar-refractivity contribution is 7.21. The number of carbonyl (C=O) groups excluding carboxylic acids is 2. The predicted octanol–water partition coefficient (Wildman–Crippen LogP) is 4.73. The van der Waals surface area contributed by atoms with Crippen molar-refractivity contribution in [2.24, 2.45) is 0 Å². The number of alkyl carbamates (subject to hydrolysis) is 1. The zero-order valence-electron chi connectivity index (χ0n) is 16.3. The van der Waals surface area contributed by atoms with Crippen molar-refractivity contribution in [3.05, 3.63) is 48.0 Å². The predicted molar refractivity (Wildman–Crippen MR) is 113 cm³/mol. The Hall–Kier alpha value is -2.93. The number of hydrogen-bond donors (Lipinski definition) is 2. The molecule has 0 aliphatic carbocycles. The summed E-state index contributed by atoms with van der Waals surface area (Å²) in [5, 5.41) is 6.12. The van der Waals surface area contributed by atoms with Gasteiger partial charge in [-0.05, 0) is 69.7 Å². The van der Waals surface area contributed by atoms with Gasteiger partial charge in [0.25, 0.3) is 0 Å². The average molecular weight is 398 g/mol. The summed E-state index contributed by atoms with van der Waals surface area (Å²) in [6.07, 6.45) is -0.621. The molecule has 2 N–H and O–H groups in total. The van der Waals surface area contributed by atoms with Gasteiger partial charge in [-0.3, -0.25) is 4.79 Å². The highest BCUT2D eigenvalue weighted by Gasteiger charge is 2.16. The number of anilines is 1. The van der Waals surface area contributed by atoms with Crippen molar-refractivity contribution in [1.29, 1.82) is 0 Å². The van der Waals surface area contributed by atoms with E-state index in [1.807, 2.05) is 30.3 Å². The number of benzene rings is 2. The molecule has 6 nitrogen and oxygen atoms in total. The summed E-state index contributed by atoms with van der Waals surface area (Å²) in [5.74, 6) is -0.325. The first-order chi connectivity index (χ1) is 13.2. The van der Waals surface area contributed by atoms with E-state index < -0.39 is 11.7 Å². The standard InChI is InChI=1S/C21H23N3O3S/c1-13-5-10-16-17(11-13)28-19(24-16)14-6-8-15(9-7-14)23-18(25)12-22-20(26)27-21(2,3)4/h5-11H,12H2,1-4H3,(H,22,26)(H,23,25). The molecule has 3 aromatic rings. The van der Waals surface area contributed by atoms with Gasteiger partial charge in [-0.15, -0.1) is 11.3 Å². The molecule has 0 spiro atoms. The van der Waals surface area contributed by atoms with Crippen LogP contribution in [0, 0.1) is 6.92 Å². The molecule has 3 rings (SSSR count). The lowest BCUT2D eigenvalue weighted by molar-refractivity contribution is -0.115. The molecular weight excluding hydrogens is 374 g/mol. The lowest BCUT2D eigenvalue weighted by Crippen LogP contribution is -2.37. The number of aromatic nitrogens is 1. The lowest BCUT2D eigenvalue weighted by atomic mass is 10.2. The maximum atomic E-state index is 12.0. The second-order valence-corrected chi connectivity index (χ2v) is 8.50. The molecule has 2 aromatic carbocycles. The van der Waals surface area contributed by atoms with Crippen LogP contribution in [0.1, 0.15) is 26.3 Å². The quantitative estimate of drug-likeness (QED) is 0.667. The molecule has 0 unspecified atom stereocenters. The molecule has 0 fully saturated rings. The van der Waals surface area contributed by atoms with Crippen molar-refractivity contribution in [2.75, 3.05) is 11.9 Å². The summed E-state index contributed by atoms with van der Waals surface area (Å²) in [6, 6.07) is 13.7. The van der Waals surface area contributed by atoms with Crippen LogP contribution in [0.3, 0.4) is 0 Å². The molecule has 1 heterocycles. The fourth-order valence-corrected chi connectivity index (χ4v) is 3.59. The fourth-order valence-electron chi connectivity index (χ4n) is 2.52. The Morgan fingerprint density at radius 1 is 1.11 bits per heavy atom. The van der Waals surface area contributed by atoms with E-state index >= 15 is 0 Å². The van der Waals surface area contributed by atoms with Crippen LogP contribution in [-0.2, 0) is 9.53 Å². The van der Waals surface area contributed by atoms with E-state index in [-0.39, 0.29) is 12.5 Å². The van der Waals surface area contributed by atoms with Crippen molar-refractivity contribution in [1.82, 2.24) is 10.3 Å². The normalized spacial score (nSPS) is 11.3. The number of rotatable bonds is 4. The fraction of sp³-hybridized carbons (Fsp3) is 0.286. The molecule has 0 bridgehead atoms. The van der Waals surface area contributed by atoms with Crippen LogP contribution in [-0.4, -0.2) is 29.1 Å². The minimum absolute atomic E-state index is 0.159. The molecule has 0 saturated heterocycles. The van der Waals surface area contributed by atoms with Gasteiger partial charge in [0.05, 0.1) is 10.2 Å². The Bertz CT molecular complexity index is 1000. The van der Waals surface area contributed by atoms with Crippen LogP contribution in [0.4, 0.5) is 10.5 Å². The third-order valence-electron chi connectivity index (χ3n) is 3.75. The average Bonchev–Trinajstić information content (AvgIpc) is 3.02. The summed E-state index contributed by atoms with van der Waals surface area (Å²) in [6.45, 7) is 7.20. The van der Waals surface area contributed by atoms with Crippen molar-refractivity contribution >= 4 is 39.2 Å². The molecule has 146 valence electrons. The largest absolute Gasteiger partial charge is 0.444 e. The smallest absolute Gasteiger partial charge is 0.408 e. The number of hydrogen-bond acceptors (Lipinski definition) is 5. The first-order valence-electron chi connectivity index (χ1n) is 8.94. The highest BCUT2D eigenvalue weighted by atomic mass is 32.1. The van der Waals surface area contributed by atoms with Gasteiger partial charge in [0, 0.05) is 11.3 Å². The SMILES string of the molecule is Cc1ccc2nc(-c3ccc(NC(=O)CNC(=O)OC(C)(C)C)cc3)sc2c1. The number of ether oxygens (including phenoxy) is 1. The summed E-state index contributed by atoms with van der Waals surface area (Å²) in [7, 11) is 0. The number of fused-ring (bicyclic) bond motifs is 1. The minimum Gasteiger partial charge on any atom is -0.444 e. The number of nitrogens with zero attached hydrogens (tertiary/aromatic N) is 1. The zero-order chi connectivity index (χ0) is 20.3. The van der Waals surface area contributed by atoms with Crippen LogP contribution in [0.2, 0.25) is 0 Å². The zero-order valence-corrected chi connectivity index (χ0v) is 17.1. The number of carbonyl (C=O) groups is 2. The van der Waals surface area contributed by atoms with Gasteiger partial charge >= 0.3 is 6.09 Å². The van der Waals surface area contributed by atoms with E-state index in [0.29, 0.717) is 5.69 Å². The summed E-state index contributed by atoms with van der Waals surface area (Å²) in [4.78, 5) is 28.3. The summed E-state index contributed by atoms with van der Waals surface area (Å²) >= 11 is 1.64. The van der Waals surface area contributed by atoms with Crippen molar-refractivity contribution in [3.8, 4) is 10.6 Å². The van der Waals surface area contributed by atoms with Gasteiger partial charge in [0.1, 0.15) is 17.2 Å². The molecule has 0 saturated carbocycles. The summed E-state index contributed by atoms with van der Waals surface area (Å²) < 4.78 is 6.25. The van der Waals surface area contributed by atoms with Crippen LogP contribution in [0.5, 0.6) is 0 Å². The monoisotopic (exact) mass is 397 g/mol. The maximum absolute atomic E-state index is 12.0. The van der Waals surface area contributed by atoms with Gasteiger partial charge in [-0.1, -0.05) is 6.07 Å². The minimum atomic E-state index is -0.621. The highest BCUT2D eigenvalue weighted by Crippen LogP contribution is 2.31. The Morgan fingerprint density at radius 3 is 2.50 bits per heavy atom. The van der Waals surface area contributed by atoms with E-state index in [0.717, 1.165) is 20.8 Å². The molecule has 2 amide bonds. The van der Waals surface area contributed by atoms with Crippen molar-refractivity contribution in [2.45, 2.75) is 33.3 Å². The number of thiazole rings is 1. The van der Waals surface area contributed by atoms with E-state index in [4.69, 9.17) is 4.74 Å². The Kier molecular flexibility index (Phi) is 5.65. The second kappa shape index (κ2) is 7.98. The Labute approximate surface area is 167 Å². The Morgan fingerprint density at radius 2 is 1.82 bits per heavy atom. The molecule has 0 aliphatic heterocycles. The molecular formula is C21H23N3O3S. The van der Waals surface area contributed by atoms with Crippen LogP contribution in [0.15, 0.2) is 42.5 Å². The third kappa shape index (κ3) is 5.29. The summed E-state index contributed by atoms with van der Waals surface area (Å²) in [5.41, 5.74) is 3.23. The van der Waals surface area contributed by atoms with E-state index in [9.17, 15) is 9.59 Å². The molecule has 1 aromatic heterocycles. The molecule has 0 radical (unpaired) electrons. The van der Waals surface area contributed by atoms with Crippen molar-refractivity contribution in [3.63, 3.8) is 0 Å². The topological polar surface area (TPSA) is 80.3 Å². The van der Waals surface area contributed by atoms with Gasteiger partial charge in [0.15, 0.2) is 0 Å². The van der Waals surface area contributed by atoms with Crippen LogP contribution < -0.4 is 10.6 Å².